The van der Waals surface area contributed by atoms with Crippen LogP contribution in [-0.4, -0.2) is 17.5 Å². The molecule has 2 aromatic rings. The zero-order valence-electron chi connectivity index (χ0n) is 9.93. The lowest BCUT2D eigenvalue weighted by Gasteiger charge is -2.02. The third kappa shape index (κ3) is 2.04. The standard InChI is InChI=1S/C12H11NO5/c1-3-17-12(14)10-6-9(13(15)16)5-8-4-7(2)18-11(8)10/h4-6H,3H2,1-2H3. The first kappa shape index (κ1) is 12.1. The lowest BCUT2D eigenvalue weighted by Crippen LogP contribution is -2.05. The highest BCUT2D eigenvalue weighted by molar-refractivity contribution is 6.03. The molecule has 6 nitrogen and oxygen atoms in total. The van der Waals surface area contributed by atoms with E-state index in [-0.39, 0.29) is 17.9 Å². The number of carbonyl (C=O) groups is 1. The maximum absolute atomic E-state index is 11.7. The first-order valence-electron chi connectivity index (χ1n) is 5.38. The number of hydrogen-bond donors (Lipinski definition) is 0. The lowest BCUT2D eigenvalue weighted by atomic mass is 10.1. The second-order valence-electron chi connectivity index (χ2n) is 3.75. The molecule has 0 atom stereocenters. The van der Waals surface area contributed by atoms with Crippen molar-refractivity contribution in [1.29, 1.82) is 0 Å². The van der Waals surface area contributed by atoms with Crippen LogP contribution in [0.15, 0.2) is 22.6 Å². The van der Waals surface area contributed by atoms with Crippen molar-refractivity contribution >= 4 is 22.6 Å². The molecule has 1 aromatic heterocycles. The van der Waals surface area contributed by atoms with Gasteiger partial charge in [-0.15, -0.1) is 0 Å². The molecule has 0 aliphatic rings. The Labute approximate surface area is 102 Å². The molecule has 0 bridgehead atoms. The van der Waals surface area contributed by atoms with Gasteiger partial charge < -0.3 is 9.15 Å². The minimum atomic E-state index is -0.624. The molecular weight excluding hydrogens is 238 g/mol. The van der Waals surface area contributed by atoms with Crippen molar-refractivity contribution < 1.29 is 18.9 Å². The Morgan fingerprint density at radius 2 is 2.17 bits per heavy atom. The van der Waals surface area contributed by atoms with E-state index >= 15 is 0 Å². The zero-order chi connectivity index (χ0) is 13.3. The van der Waals surface area contributed by atoms with Gasteiger partial charge in [0.05, 0.1) is 11.5 Å². The number of rotatable bonds is 3. The molecule has 0 spiro atoms. The Morgan fingerprint density at radius 1 is 1.44 bits per heavy atom. The number of nitro groups is 1. The van der Waals surface area contributed by atoms with Gasteiger partial charge in [0, 0.05) is 17.5 Å². The quantitative estimate of drug-likeness (QED) is 0.474. The van der Waals surface area contributed by atoms with Gasteiger partial charge in [-0.2, -0.15) is 0 Å². The summed E-state index contributed by atoms with van der Waals surface area (Å²) in [5, 5.41) is 11.3. The number of benzene rings is 1. The summed E-state index contributed by atoms with van der Waals surface area (Å²) in [5.74, 6) is -0.0448. The summed E-state index contributed by atoms with van der Waals surface area (Å²) in [6, 6.07) is 4.18. The van der Waals surface area contributed by atoms with Crippen LogP contribution in [-0.2, 0) is 4.74 Å². The number of esters is 1. The van der Waals surface area contributed by atoms with E-state index in [1.54, 1.807) is 19.9 Å². The van der Waals surface area contributed by atoms with Gasteiger partial charge in [0.25, 0.3) is 5.69 Å². The maximum Gasteiger partial charge on any atom is 0.342 e. The van der Waals surface area contributed by atoms with Crippen molar-refractivity contribution in [1.82, 2.24) is 0 Å². The number of fused-ring (bicyclic) bond motifs is 1. The van der Waals surface area contributed by atoms with E-state index in [0.29, 0.717) is 16.7 Å². The average Bonchev–Trinajstić information content (AvgIpc) is 2.67. The van der Waals surface area contributed by atoms with Gasteiger partial charge in [-0.25, -0.2) is 4.79 Å². The summed E-state index contributed by atoms with van der Waals surface area (Å²) in [7, 11) is 0. The number of aryl methyl sites for hydroxylation is 1. The molecule has 0 saturated heterocycles. The Hall–Kier alpha value is -2.37. The maximum atomic E-state index is 11.7. The third-order valence-corrected chi connectivity index (χ3v) is 2.43. The predicted octanol–water partition coefficient (Wildman–Crippen LogP) is 2.83. The minimum absolute atomic E-state index is 0.0779. The minimum Gasteiger partial charge on any atom is -0.462 e. The zero-order valence-corrected chi connectivity index (χ0v) is 9.93. The number of furan rings is 1. The second-order valence-corrected chi connectivity index (χ2v) is 3.75. The van der Waals surface area contributed by atoms with Crippen molar-refractivity contribution in [3.8, 4) is 0 Å². The SMILES string of the molecule is CCOC(=O)c1cc([N+](=O)[O-])cc2cc(C)oc12. The molecular formula is C12H11NO5. The van der Waals surface area contributed by atoms with Crippen LogP contribution in [0.2, 0.25) is 0 Å². The molecule has 0 fully saturated rings. The molecule has 0 aliphatic heterocycles. The summed E-state index contributed by atoms with van der Waals surface area (Å²) in [6.45, 7) is 3.57. The molecule has 0 N–H and O–H groups in total. The van der Waals surface area contributed by atoms with Crippen molar-refractivity contribution in [2.45, 2.75) is 13.8 Å². The first-order chi connectivity index (χ1) is 8.52. The van der Waals surface area contributed by atoms with Gasteiger partial charge in [-0.1, -0.05) is 0 Å². The molecule has 0 unspecified atom stereocenters. The fourth-order valence-corrected chi connectivity index (χ4v) is 1.73. The molecule has 6 heteroatoms. The van der Waals surface area contributed by atoms with Crippen LogP contribution >= 0.6 is 0 Å². The number of ether oxygens (including phenoxy) is 1. The van der Waals surface area contributed by atoms with Crippen LogP contribution in [0.5, 0.6) is 0 Å². The Balaban J connectivity index is 2.67. The fourth-order valence-electron chi connectivity index (χ4n) is 1.73. The Bertz CT molecular complexity index is 629. The van der Waals surface area contributed by atoms with Crippen LogP contribution in [0, 0.1) is 17.0 Å². The van der Waals surface area contributed by atoms with E-state index in [4.69, 9.17) is 9.15 Å². The van der Waals surface area contributed by atoms with Gasteiger partial charge in [-0.3, -0.25) is 10.1 Å². The van der Waals surface area contributed by atoms with Gasteiger partial charge in [0.1, 0.15) is 16.9 Å². The summed E-state index contributed by atoms with van der Waals surface area (Å²) < 4.78 is 10.2. The van der Waals surface area contributed by atoms with E-state index < -0.39 is 10.9 Å². The highest BCUT2D eigenvalue weighted by atomic mass is 16.6. The lowest BCUT2D eigenvalue weighted by molar-refractivity contribution is -0.384. The first-order valence-corrected chi connectivity index (χ1v) is 5.38. The van der Waals surface area contributed by atoms with E-state index in [9.17, 15) is 14.9 Å². The number of nitrogens with zero attached hydrogens (tertiary/aromatic N) is 1. The van der Waals surface area contributed by atoms with Gasteiger partial charge in [0.2, 0.25) is 0 Å². The highest BCUT2D eigenvalue weighted by Gasteiger charge is 2.20. The van der Waals surface area contributed by atoms with Gasteiger partial charge in [0.15, 0.2) is 0 Å². The Kier molecular flexibility index (Phi) is 3.01. The number of non-ortho nitro benzene ring substituents is 1. The van der Waals surface area contributed by atoms with Crippen molar-refractivity contribution in [2.24, 2.45) is 0 Å². The molecule has 0 amide bonds. The average molecular weight is 249 g/mol. The number of nitro benzene ring substituents is 1. The van der Waals surface area contributed by atoms with E-state index in [1.165, 1.54) is 12.1 Å². The smallest absolute Gasteiger partial charge is 0.342 e. The van der Waals surface area contributed by atoms with Crippen LogP contribution in [0.3, 0.4) is 0 Å². The highest BCUT2D eigenvalue weighted by Crippen LogP contribution is 2.28. The Morgan fingerprint density at radius 3 is 2.78 bits per heavy atom. The monoisotopic (exact) mass is 249 g/mol. The van der Waals surface area contributed by atoms with Gasteiger partial charge in [-0.05, 0) is 19.9 Å². The van der Waals surface area contributed by atoms with Crippen molar-refractivity contribution in [2.75, 3.05) is 6.61 Å². The summed E-state index contributed by atoms with van der Waals surface area (Å²) in [5.41, 5.74) is 0.233. The molecule has 94 valence electrons. The summed E-state index contributed by atoms with van der Waals surface area (Å²) in [4.78, 5) is 22.0. The molecule has 2 rings (SSSR count). The summed E-state index contributed by atoms with van der Waals surface area (Å²) >= 11 is 0. The molecule has 0 radical (unpaired) electrons. The van der Waals surface area contributed by atoms with E-state index in [2.05, 4.69) is 0 Å². The molecule has 0 saturated carbocycles. The largest absolute Gasteiger partial charge is 0.462 e. The van der Waals surface area contributed by atoms with Crippen LogP contribution in [0.1, 0.15) is 23.0 Å². The molecule has 0 aliphatic carbocycles. The van der Waals surface area contributed by atoms with Crippen molar-refractivity contribution in [3.63, 3.8) is 0 Å². The third-order valence-electron chi connectivity index (χ3n) is 2.43. The molecule has 18 heavy (non-hydrogen) atoms. The summed E-state index contributed by atoms with van der Waals surface area (Å²) in [6.07, 6.45) is 0. The van der Waals surface area contributed by atoms with E-state index in [0.717, 1.165) is 0 Å². The fraction of sp³-hybridized carbons (Fsp3) is 0.250. The van der Waals surface area contributed by atoms with Crippen LogP contribution in [0.4, 0.5) is 5.69 Å². The van der Waals surface area contributed by atoms with Gasteiger partial charge >= 0.3 is 5.97 Å². The molecule has 1 aromatic carbocycles. The second kappa shape index (κ2) is 4.48. The van der Waals surface area contributed by atoms with E-state index in [1.807, 2.05) is 0 Å². The normalized spacial score (nSPS) is 10.6. The van der Waals surface area contributed by atoms with Crippen molar-refractivity contribution in [3.05, 3.63) is 39.6 Å². The number of hydrogen-bond acceptors (Lipinski definition) is 5. The van der Waals surface area contributed by atoms with Crippen LogP contribution < -0.4 is 0 Å². The number of carbonyl (C=O) groups excluding carboxylic acids is 1. The predicted molar refractivity (Wildman–Crippen MR) is 63.6 cm³/mol. The molecule has 1 heterocycles. The van der Waals surface area contributed by atoms with Crippen LogP contribution in [0.25, 0.3) is 11.0 Å². The topological polar surface area (TPSA) is 82.6 Å².